The number of carbonyl (C=O) groups is 1. The Morgan fingerprint density at radius 2 is 1.87 bits per heavy atom. The number of halogens is 1. The van der Waals surface area contributed by atoms with Crippen molar-refractivity contribution in [2.75, 3.05) is 46.4 Å². The largest absolute Gasteiger partial charge is 0.495 e. The number of hydrogen-bond acceptors (Lipinski definition) is 5. The molecule has 3 rings (SSSR count). The molecule has 1 saturated heterocycles. The third kappa shape index (κ3) is 5.77. The van der Waals surface area contributed by atoms with Gasteiger partial charge in [0.05, 0.1) is 13.7 Å². The number of amides is 1. The topological polar surface area (TPSA) is 79.0 Å². The van der Waals surface area contributed by atoms with Gasteiger partial charge in [-0.2, -0.15) is 4.31 Å². The molecule has 1 amide bonds. The first-order valence-corrected chi connectivity index (χ1v) is 12.0. The van der Waals surface area contributed by atoms with Gasteiger partial charge in [0.2, 0.25) is 15.9 Å². The van der Waals surface area contributed by atoms with Crippen molar-refractivity contribution in [3.05, 3.63) is 59.1 Å². The van der Waals surface area contributed by atoms with Crippen LogP contribution in [0.2, 0.25) is 5.02 Å². The zero-order valence-electron chi connectivity index (χ0n) is 17.8. The van der Waals surface area contributed by atoms with E-state index in [1.165, 1.54) is 23.5 Å². The Hall–Kier alpha value is -2.13. The lowest BCUT2D eigenvalue weighted by Gasteiger charge is -2.31. The lowest BCUT2D eigenvalue weighted by atomic mass is 10.0. The first-order valence-electron chi connectivity index (χ1n) is 10.2. The van der Waals surface area contributed by atoms with Gasteiger partial charge in [0.15, 0.2) is 0 Å². The van der Waals surface area contributed by atoms with E-state index in [9.17, 15) is 13.2 Å². The number of hydrogen-bond donors (Lipinski definition) is 1. The number of nitrogens with one attached hydrogen (secondary N) is 1. The van der Waals surface area contributed by atoms with Crippen LogP contribution in [0.15, 0.2) is 53.4 Å². The summed E-state index contributed by atoms with van der Waals surface area (Å²) in [6, 6.07) is 14.1. The summed E-state index contributed by atoms with van der Waals surface area (Å²) in [5, 5.41) is 3.48. The third-order valence-corrected chi connectivity index (χ3v) is 7.44. The zero-order valence-corrected chi connectivity index (χ0v) is 19.3. The van der Waals surface area contributed by atoms with E-state index >= 15 is 0 Å². The van der Waals surface area contributed by atoms with Crippen LogP contribution < -0.4 is 10.1 Å². The van der Waals surface area contributed by atoms with E-state index in [4.69, 9.17) is 16.3 Å². The summed E-state index contributed by atoms with van der Waals surface area (Å²) < 4.78 is 33.8. The Balaban J connectivity index is 1.94. The van der Waals surface area contributed by atoms with Crippen molar-refractivity contribution in [3.63, 3.8) is 0 Å². The molecule has 0 spiro atoms. The van der Waals surface area contributed by atoms with Crippen molar-refractivity contribution in [1.82, 2.24) is 14.5 Å². The fraction of sp³-hybridized carbons (Fsp3) is 0.409. The Morgan fingerprint density at radius 3 is 2.52 bits per heavy atom. The van der Waals surface area contributed by atoms with Crippen LogP contribution in [0.3, 0.4) is 0 Å². The van der Waals surface area contributed by atoms with Crippen molar-refractivity contribution in [3.8, 4) is 5.75 Å². The van der Waals surface area contributed by atoms with Gasteiger partial charge < -0.3 is 15.0 Å². The molecule has 1 atom stereocenters. The molecule has 1 N–H and O–H groups in total. The summed E-state index contributed by atoms with van der Waals surface area (Å²) in [7, 11) is -2.63. The maximum atomic E-state index is 13.7. The van der Waals surface area contributed by atoms with Crippen LogP contribution in [0.4, 0.5) is 0 Å². The SMILES string of the molecule is COc1ccc(Cl)cc1S(=O)(=O)N(CC(=O)N1CCNCC1)CC(C)c1ccccc1. The number of piperazine rings is 1. The van der Waals surface area contributed by atoms with E-state index in [0.29, 0.717) is 26.2 Å². The van der Waals surface area contributed by atoms with Crippen LogP contribution in [0, 0.1) is 0 Å². The molecule has 1 aliphatic rings. The molecule has 168 valence electrons. The summed E-state index contributed by atoms with van der Waals surface area (Å²) in [6.07, 6.45) is 0. The number of rotatable bonds is 8. The second-order valence-corrected chi connectivity index (χ2v) is 9.88. The molecule has 1 aliphatic heterocycles. The lowest BCUT2D eigenvalue weighted by molar-refractivity contribution is -0.132. The van der Waals surface area contributed by atoms with Gasteiger partial charge >= 0.3 is 0 Å². The smallest absolute Gasteiger partial charge is 0.247 e. The molecular weight excluding hydrogens is 438 g/mol. The van der Waals surface area contributed by atoms with Crippen molar-refractivity contribution < 1.29 is 17.9 Å². The van der Waals surface area contributed by atoms with E-state index < -0.39 is 10.0 Å². The van der Waals surface area contributed by atoms with Crippen LogP contribution >= 0.6 is 11.6 Å². The highest BCUT2D eigenvalue weighted by molar-refractivity contribution is 7.89. The average molecular weight is 466 g/mol. The first-order chi connectivity index (χ1) is 14.8. The predicted octanol–water partition coefficient (Wildman–Crippen LogP) is 2.57. The van der Waals surface area contributed by atoms with Gasteiger partial charge in [-0.1, -0.05) is 48.9 Å². The second-order valence-electron chi connectivity index (χ2n) is 7.54. The number of benzene rings is 2. The molecule has 0 bridgehead atoms. The Kier molecular flexibility index (Phi) is 7.94. The quantitative estimate of drug-likeness (QED) is 0.648. The number of nitrogens with zero attached hydrogens (tertiary/aromatic N) is 2. The molecule has 7 nitrogen and oxygen atoms in total. The average Bonchev–Trinajstić information content (AvgIpc) is 2.79. The molecule has 1 heterocycles. The summed E-state index contributed by atoms with van der Waals surface area (Å²) in [4.78, 5) is 14.6. The molecular formula is C22H28ClN3O4S. The molecule has 2 aromatic rings. The number of sulfonamides is 1. The fourth-order valence-electron chi connectivity index (χ4n) is 3.60. The third-order valence-electron chi connectivity index (χ3n) is 5.37. The minimum absolute atomic E-state index is 0.0455. The molecule has 0 aliphatic carbocycles. The van der Waals surface area contributed by atoms with Crippen molar-refractivity contribution >= 4 is 27.5 Å². The Labute approximate surface area is 189 Å². The maximum absolute atomic E-state index is 13.7. The van der Waals surface area contributed by atoms with Crippen LogP contribution in [0.25, 0.3) is 0 Å². The highest BCUT2D eigenvalue weighted by Crippen LogP contribution is 2.31. The minimum atomic E-state index is -4.04. The lowest BCUT2D eigenvalue weighted by Crippen LogP contribution is -2.50. The molecule has 0 radical (unpaired) electrons. The van der Waals surface area contributed by atoms with Gasteiger partial charge in [0.1, 0.15) is 10.6 Å². The molecule has 0 aromatic heterocycles. The van der Waals surface area contributed by atoms with Gasteiger partial charge in [0, 0.05) is 37.7 Å². The zero-order chi connectivity index (χ0) is 22.4. The molecule has 1 unspecified atom stereocenters. The predicted molar refractivity (Wildman–Crippen MR) is 121 cm³/mol. The van der Waals surface area contributed by atoms with E-state index in [0.717, 1.165) is 5.56 Å². The van der Waals surface area contributed by atoms with Gasteiger partial charge in [0.25, 0.3) is 0 Å². The van der Waals surface area contributed by atoms with Crippen LogP contribution in [0.5, 0.6) is 5.75 Å². The molecule has 2 aromatic carbocycles. The number of carbonyl (C=O) groups excluding carboxylic acids is 1. The monoisotopic (exact) mass is 465 g/mol. The Bertz CT molecular complexity index is 995. The van der Waals surface area contributed by atoms with E-state index in [-0.39, 0.29) is 40.6 Å². The highest BCUT2D eigenvalue weighted by atomic mass is 35.5. The van der Waals surface area contributed by atoms with Crippen molar-refractivity contribution in [2.45, 2.75) is 17.7 Å². The van der Waals surface area contributed by atoms with Crippen LogP contribution in [-0.2, 0) is 14.8 Å². The van der Waals surface area contributed by atoms with E-state index in [1.807, 2.05) is 37.3 Å². The normalized spacial score (nSPS) is 15.7. The summed E-state index contributed by atoms with van der Waals surface area (Å²) in [5.74, 6) is -0.139. The molecule has 0 saturated carbocycles. The van der Waals surface area contributed by atoms with Gasteiger partial charge in [-0.15, -0.1) is 0 Å². The Morgan fingerprint density at radius 1 is 1.19 bits per heavy atom. The van der Waals surface area contributed by atoms with Crippen LogP contribution in [0.1, 0.15) is 18.4 Å². The minimum Gasteiger partial charge on any atom is -0.495 e. The number of ether oxygens (including phenoxy) is 1. The highest BCUT2D eigenvalue weighted by Gasteiger charge is 2.32. The standard InChI is InChI=1S/C22H28ClN3O4S/c1-17(18-6-4-3-5-7-18)15-26(16-22(27)25-12-10-24-11-13-25)31(28,29)21-14-19(23)8-9-20(21)30-2/h3-9,14,17,24H,10-13,15-16H2,1-2H3. The first kappa shape index (κ1) is 23.5. The summed E-state index contributed by atoms with van der Waals surface area (Å²) in [6.45, 7) is 4.36. The van der Waals surface area contributed by atoms with Crippen molar-refractivity contribution in [1.29, 1.82) is 0 Å². The van der Waals surface area contributed by atoms with Crippen molar-refractivity contribution in [2.24, 2.45) is 0 Å². The molecule has 1 fully saturated rings. The van der Waals surface area contributed by atoms with Gasteiger partial charge in [-0.05, 0) is 29.7 Å². The van der Waals surface area contributed by atoms with Gasteiger partial charge in [-0.25, -0.2) is 8.42 Å². The van der Waals surface area contributed by atoms with Gasteiger partial charge in [-0.3, -0.25) is 4.79 Å². The molecule has 9 heteroatoms. The maximum Gasteiger partial charge on any atom is 0.247 e. The van der Waals surface area contributed by atoms with E-state index in [1.54, 1.807) is 11.0 Å². The summed E-state index contributed by atoms with van der Waals surface area (Å²) in [5.41, 5.74) is 0.996. The molecule has 31 heavy (non-hydrogen) atoms. The fourth-order valence-corrected chi connectivity index (χ4v) is 5.49. The summed E-state index contributed by atoms with van der Waals surface area (Å²) >= 11 is 6.09. The second kappa shape index (κ2) is 10.5. The van der Waals surface area contributed by atoms with E-state index in [2.05, 4.69) is 5.32 Å². The number of methoxy groups -OCH3 is 1. The van der Waals surface area contributed by atoms with Crippen LogP contribution in [-0.4, -0.2) is 69.9 Å².